The number of nitrogens with zero attached hydrogens (tertiary/aromatic N) is 1. The SMILES string of the molecule is CCOC(C)(C)CNC(=O)c1cnc(C)cc1NC. The van der Waals surface area contributed by atoms with Gasteiger partial charge in [0, 0.05) is 32.1 Å². The van der Waals surface area contributed by atoms with Gasteiger partial charge in [0.25, 0.3) is 5.91 Å². The van der Waals surface area contributed by atoms with E-state index < -0.39 is 0 Å². The van der Waals surface area contributed by atoms with Crippen LogP contribution in [0.25, 0.3) is 0 Å². The lowest BCUT2D eigenvalue weighted by atomic mass is 10.1. The van der Waals surface area contributed by atoms with Gasteiger partial charge >= 0.3 is 0 Å². The van der Waals surface area contributed by atoms with Gasteiger partial charge in [-0.2, -0.15) is 0 Å². The van der Waals surface area contributed by atoms with E-state index in [0.29, 0.717) is 18.7 Å². The van der Waals surface area contributed by atoms with Gasteiger partial charge in [0.2, 0.25) is 0 Å². The maximum atomic E-state index is 12.1. The molecule has 1 heterocycles. The fourth-order valence-electron chi connectivity index (χ4n) is 1.78. The first-order chi connectivity index (χ1) is 8.89. The summed E-state index contributed by atoms with van der Waals surface area (Å²) in [5.41, 5.74) is 1.82. The van der Waals surface area contributed by atoms with E-state index in [1.165, 1.54) is 0 Å². The number of anilines is 1. The Bertz CT molecular complexity index is 444. The normalized spacial score (nSPS) is 11.2. The molecule has 0 atom stereocenters. The quantitative estimate of drug-likeness (QED) is 0.825. The fourth-order valence-corrected chi connectivity index (χ4v) is 1.78. The van der Waals surface area contributed by atoms with Crippen molar-refractivity contribution in [3.05, 3.63) is 23.5 Å². The summed E-state index contributed by atoms with van der Waals surface area (Å²) in [6, 6.07) is 1.85. The Morgan fingerprint density at radius 3 is 2.74 bits per heavy atom. The van der Waals surface area contributed by atoms with Crippen LogP contribution in [0.2, 0.25) is 0 Å². The lowest BCUT2D eigenvalue weighted by molar-refractivity contribution is -0.00815. The number of carbonyl (C=O) groups is 1. The zero-order chi connectivity index (χ0) is 14.5. The minimum Gasteiger partial charge on any atom is -0.387 e. The molecule has 0 saturated heterocycles. The molecule has 0 radical (unpaired) electrons. The van der Waals surface area contributed by atoms with Crippen molar-refractivity contribution in [1.29, 1.82) is 0 Å². The summed E-state index contributed by atoms with van der Waals surface area (Å²) in [6.45, 7) is 8.80. The van der Waals surface area contributed by atoms with Crippen LogP contribution in [0, 0.1) is 6.92 Å². The van der Waals surface area contributed by atoms with E-state index in [9.17, 15) is 4.79 Å². The van der Waals surface area contributed by atoms with Crippen LogP contribution in [0.1, 0.15) is 36.8 Å². The van der Waals surface area contributed by atoms with E-state index in [-0.39, 0.29) is 11.5 Å². The summed E-state index contributed by atoms with van der Waals surface area (Å²) in [5, 5.41) is 5.88. The summed E-state index contributed by atoms with van der Waals surface area (Å²) in [5.74, 6) is -0.148. The number of pyridine rings is 1. The number of hydrogen-bond donors (Lipinski definition) is 2. The Morgan fingerprint density at radius 1 is 1.47 bits per heavy atom. The first-order valence-electron chi connectivity index (χ1n) is 6.46. The molecule has 0 saturated carbocycles. The Kier molecular flexibility index (Phi) is 5.30. The summed E-state index contributed by atoms with van der Waals surface area (Å²) >= 11 is 0. The van der Waals surface area contributed by atoms with E-state index >= 15 is 0 Å². The Balaban J connectivity index is 2.74. The number of ether oxygens (including phenoxy) is 1. The lowest BCUT2D eigenvalue weighted by Gasteiger charge is -2.25. The third-order valence-electron chi connectivity index (χ3n) is 2.76. The molecular formula is C14H23N3O2. The smallest absolute Gasteiger partial charge is 0.255 e. The monoisotopic (exact) mass is 265 g/mol. The highest BCUT2D eigenvalue weighted by Crippen LogP contribution is 2.15. The van der Waals surface area contributed by atoms with Crippen LogP contribution < -0.4 is 10.6 Å². The molecule has 0 aliphatic heterocycles. The number of hydrogen-bond acceptors (Lipinski definition) is 4. The van der Waals surface area contributed by atoms with Crippen LogP contribution in [0.15, 0.2) is 12.3 Å². The summed E-state index contributed by atoms with van der Waals surface area (Å²) < 4.78 is 5.55. The number of carbonyl (C=O) groups excluding carboxylic acids is 1. The van der Waals surface area contributed by atoms with E-state index in [4.69, 9.17) is 4.74 Å². The van der Waals surface area contributed by atoms with Crippen LogP contribution in [-0.2, 0) is 4.74 Å². The van der Waals surface area contributed by atoms with Gasteiger partial charge in [0.1, 0.15) is 0 Å². The lowest BCUT2D eigenvalue weighted by Crippen LogP contribution is -2.40. The number of rotatable bonds is 6. The largest absolute Gasteiger partial charge is 0.387 e. The Morgan fingerprint density at radius 2 is 2.16 bits per heavy atom. The molecule has 2 N–H and O–H groups in total. The minimum absolute atomic E-state index is 0.148. The van der Waals surface area contributed by atoms with Crippen LogP contribution in [0.4, 0.5) is 5.69 Å². The molecule has 5 heteroatoms. The number of amides is 1. The van der Waals surface area contributed by atoms with Gasteiger partial charge in [0.15, 0.2) is 0 Å². The average Bonchev–Trinajstić information content (AvgIpc) is 2.35. The Hall–Kier alpha value is -1.62. The highest BCUT2D eigenvalue weighted by molar-refractivity contribution is 5.99. The maximum Gasteiger partial charge on any atom is 0.255 e. The van der Waals surface area contributed by atoms with Crippen LogP contribution in [0.3, 0.4) is 0 Å². The van der Waals surface area contributed by atoms with Crippen molar-refractivity contribution in [2.45, 2.75) is 33.3 Å². The minimum atomic E-state index is -0.373. The molecule has 19 heavy (non-hydrogen) atoms. The summed E-state index contributed by atoms with van der Waals surface area (Å²) in [4.78, 5) is 16.3. The maximum absolute atomic E-state index is 12.1. The molecule has 0 aliphatic carbocycles. The zero-order valence-electron chi connectivity index (χ0n) is 12.3. The molecule has 1 rings (SSSR count). The summed E-state index contributed by atoms with van der Waals surface area (Å²) in [7, 11) is 1.79. The third-order valence-corrected chi connectivity index (χ3v) is 2.76. The molecule has 0 unspecified atom stereocenters. The molecule has 0 bridgehead atoms. The molecule has 0 spiro atoms. The Labute approximate surface area is 114 Å². The van der Waals surface area contributed by atoms with Gasteiger partial charge in [-0.05, 0) is 33.8 Å². The van der Waals surface area contributed by atoms with Gasteiger partial charge in [-0.1, -0.05) is 0 Å². The average molecular weight is 265 g/mol. The molecule has 0 aromatic carbocycles. The highest BCUT2D eigenvalue weighted by atomic mass is 16.5. The van der Waals surface area contributed by atoms with E-state index in [2.05, 4.69) is 15.6 Å². The van der Waals surface area contributed by atoms with Gasteiger partial charge < -0.3 is 15.4 Å². The van der Waals surface area contributed by atoms with E-state index in [1.54, 1.807) is 13.2 Å². The second-order valence-corrected chi connectivity index (χ2v) is 5.00. The third kappa shape index (κ3) is 4.52. The van der Waals surface area contributed by atoms with Crippen LogP contribution in [0.5, 0.6) is 0 Å². The number of aromatic nitrogens is 1. The molecule has 0 fully saturated rings. The van der Waals surface area contributed by atoms with E-state index in [1.807, 2.05) is 33.8 Å². The zero-order valence-corrected chi connectivity index (χ0v) is 12.3. The molecule has 1 amide bonds. The van der Waals surface area contributed by atoms with Crippen LogP contribution >= 0.6 is 0 Å². The van der Waals surface area contributed by atoms with E-state index in [0.717, 1.165) is 11.4 Å². The number of nitrogens with one attached hydrogen (secondary N) is 2. The van der Waals surface area contributed by atoms with Crippen molar-refractivity contribution in [3.63, 3.8) is 0 Å². The van der Waals surface area contributed by atoms with Gasteiger partial charge in [-0.25, -0.2) is 0 Å². The topological polar surface area (TPSA) is 63.2 Å². The first kappa shape index (κ1) is 15.4. The second kappa shape index (κ2) is 6.52. The standard InChI is InChI=1S/C14H23N3O2/c1-6-19-14(3,4)9-17-13(18)11-8-16-10(2)7-12(11)15-5/h7-8H,6,9H2,1-5H3,(H,15,16)(H,17,18). The molecule has 106 valence electrons. The molecular weight excluding hydrogens is 242 g/mol. The predicted molar refractivity (Wildman–Crippen MR) is 76.6 cm³/mol. The van der Waals surface area contributed by atoms with Crippen molar-refractivity contribution < 1.29 is 9.53 Å². The molecule has 1 aromatic rings. The molecule has 1 aromatic heterocycles. The predicted octanol–water partition coefficient (Wildman–Crippen LogP) is 1.98. The van der Waals surface area contributed by atoms with Crippen LogP contribution in [-0.4, -0.2) is 36.7 Å². The fraction of sp³-hybridized carbons (Fsp3) is 0.571. The van der Waals surface area contributed by atoms with Crippen molar-refractivity contribution >= 4 is 11.6 Å². The number of aryl methyl sites for hydroxylation is 1. The molecule has 5 nitrogen and oxygen atoms in total. The van der Waals surface area contributed by atoms with Crippen molar-refractivity contribution in [3.8, 4) is 0 Å². The van der Waals surface area contributed by atoms with Gasteiger partial charge in [-0.3, -0.25) is 9.78 Å². The van der Waals surface area contributed by atoms with Crippen molar-refractivity contribution in [2.75, 3.05) is 25.5 Å². The van der Waals surface area contributed by atoms with Gasteiger partial charge in [0.05, 0.1) is 16.9 Å². The van der Waals surface area contributed by atoms with Crippen molar-refractivity contribution in [2.24, 2.45) is 0 Å². The first-order valence-corrected chi connectivity index (χ1v) is 6.46. The van der Waals surface area contributed by atoms with Crippen molar-refractivity contribution in [1.82, 2.24) is 10.3 Å². The van der Waals surface area contributed by atoms with Gasteiger partial charge in [-0.15, -0.1) is 0 Å². The summed E-state index contributed by atoms with van der Waals surface area (Å²) in [6.07, 6.45) is 1.59. The second-order valence-electron chi connectivity index (χ2n) is 5.00. The highest BCUT2D eigenvalue weighted by Gasteiger charge is 2.20. The molecule has 0 aliphatic rings.